The molecule has 0 heterocycles. The van der Waals surface area contributed by atoms with Crippen molar-refractivity contribution in [3.05, 3.63) is 60.2 Å². The first-order valence-electron chi connectivity index (χ1n) is 11.9. The van der Waals surface area contributed by atoms with Gasteiger partial charge >= 0.3 is 5.97 Å². The highest BCUT2D eigenvalue weighted by molar-refractivity contribution is 5.92. The van der Waals surface area contributed by atoms with Crippen molar-refractivity contribution in [1.82, 2.24) is 0 Å². The van der Waals surface area contributed by atoms with Crippen LogP contribution in [0, 0.1) is 5.92 Å². The van der Waals surface area contributed by atoms with Gasteiger partial charge in [0.15, 0.2) is 0 Å². The lowest BCUT2D eigenvalue weighted by Gasteiger charge is -2.21. The average Bonchev–Trinajstić information content (AvgIpc) is 2.83. The predicted molar refractivity (Wildman–Crippen MR) is 127 cm³/mol. The molecule has 0 unspecified atom stereocenters. The van der Waals surface area contributed by atoms with E-state index in [0.717, 1.165) is 37.5 Å². The van der Waals surface area contributed by atoms with Gasteiger partial charge in [0.25, 0.3) is 0 Å². The maximum absolute atomic E-state index is 12.1. The first-order chi connectivity index (χ1) is 15.7. The molecule has 0 radical (unpaired) electrons. The van der Waals surface area contributed by atoms with Gasteiger partial charge in [-0.1, -0.05) is 62.4 Å². The molecule has 0 atom stereocenters. The molecule has 32 heavy (non-hydrogen) atoms. The van der Waals surface area contributed by atoms with Crippen molar-refractivity contribution in [2.24, 2.45) is 5.92 Å². The van der Waals surface area contributed by atoms with Gasteiger partial charge in [0.05, 0.1) is 19.6 Å². The van der Waals surface area contributed by atoms with Crippen LogP contribution in [-0.2, 0) is 20.7 Å². The quantitative estimate of drug-likeness (QED) is 0.330. The largest absolute Gasteiger partial charge is 0.494 e. The first kappa shape index (κ1) is 23.8. The molecule has 1 amide bonds. The Morgan fingerprint density at radius 1 is 0.875 bits per heavy atom. The Morgan fingerprint density at radius 2 is 1.62 bits per heavy atom. The van der Waals surface area contributed by atoms with Crippen molar-refractivity contribution in [2.45, 2.75) is 64.2 Å². The number of nitrogens with one attached hydrogen (secondary N) is 1. The third-order valence-electron chi connectivity index (χ3n) is 5.93. The third kappa shape index (κ3) is 9.13. The summed E-state index contributed by atoms with van der Waals surface area (Å²) in [6.07, 6.45) is 9.69. The zero-order chi connectivity index (χ0) is 22.4. The summed E-state index contributed by atoms with van der Waals surface area (Å²) in [6.45, 7) is 1.11. The minimum atomic E-state index is -0.338. The lowest BCUT2D eigenvalue weighted by atomic mass is 9.87. The van der Waals surface area contributed by atoms with Gasteiger partial charge in [0, 0.05) is 12.1 Å². The van der Waals surface area contributed by atoms with Crippen molar-refractivity contribution in [1.29, 1.82) is 0 Å². The monoisotopic (exact) mass is 437 g/mol. The fraction of sp³-hybridized carbons (Fsp3) is 0.481. The van der Waals surface area contributed by atoms with E-state index in [1.807, 2.05) is 42.5 Å². The molecule has 172 valence electrons. The summed E-state index contributed by atoms with van der Waals surface area (Å²) >= 11 is 0. The molecule has 1 aliphatic rings. The fourth-order valence-electron chi connectivity index (χ4n) is 4.07. The van der Waals surface area contributed by atoms with E-state index >= 15 is 0 Å². The molecule has 3 rings (SSSR count). The summed E-state index contributed by atoms with van der Waals surface area (Å²) < 4.78 is 11.1. The third-order valence-corrected chi connectivity index (χ3v) is 5.93. The zero-order valence-electron chi connectivity index (χ0n) is 18.9. The Kier molecular flexibility index (Phi) is 10.1. The molecule has 1 aliphatic carbocycles. The van der Waals surface area contributed by atoms with E-state index in [2.05, 4.69) is 17.4 Å². The Bertz CT molecular complexity index is 813. The minimum absolute atomic E-state index is 0.0829. The number of anilines is 1. The SMILES string of the molecule is O=C(CCC(=O)OCCCc1ccccc1)Nc1ccc(OCCC2CCCCC2)cc1. The van der Waals surface area contributed by atoms with Gasteiger partial charge in [-0.3, -0.25) is 9.59 Å². The number of esters is 1. The fourth-order valence-corrected chi connectivity index (χ4v) is 4.07. The van der Waals surface area contributed by atoms with E-state index in [1.54, 1.807) is 0 Å². The van der Waals surface area contributed by atoms with Crippen LogP contribution in [0.1, 0.15) is 63.4 Å². The van der Waals surface area contributed by atoms with Crippen LogP contribution in [0.5, 0.6) is 5.75 Å². The molecular formula is C27H35NO4. The predicted octanol–water partition coefficient (Wildman–Crippen LogP) is 5.93. The lowest BCUT2D eigenvalue weighted by molar-refractivity contribution is -0.144. The summed E-state index contributed by atoms with van der Waals surface area (Å²) in [4.78, 5) is 24.0. The van der Waals surface area contributed by atoms with Crippen LogP contribution in [-0.4, -0.2) is 25.1 Å². The normalized spacial score (nSPS) is 14.0. The van der Waals surface area contributed by atoms with Gasteiger partial charge in [0.1, 0.15) is 5.75 Å². The van der Waals surface area contributed by atoms with Crippen molar-refractivity contribution in [3.8, 4) is 5.75 Å². The first-order valence-corrected chi connectivity index (χ1v) is 11.9. The number of ether oxygens (including phenoxy) is 2. The molecule has 1 fully saturated rings. The van der Waals surface area contributed by atoms with Crippen LogP contribution in [0.15, 0.2) is 54.6 Å². The molecule has 0 spiro atoms. The van der Waals surface area contributed by atoms with E-state index in [9.17, 15) is 9.59 Å². The van der Waals surface area contributed by atoms with E-state index in [0.29, 0.717) is 12.3 Å². The van der Waals surface area contributed by atoms with Gasteiger partial charge in [-0.05, 0) is 55.0 Å². The van der Waals surface area contributed by atoms with Gasteiger partial charge in [-0.2, -0.15) is 0 Å². The van der Waals surface area contributed by atoms with Gasteiger partial charge < -0.3 is 14.8 Å². The minimum Gasteiger partial charge on any atom is -0.494 e. The molecular weight excluding hydrogens is 402 g/mol. The Labute approximate surface area is 191 Å². The van der Waals surface area contributed by atoms with Gasteiger partial charge in [-0.15, -0.1) is 0 Å². The Balaban J connectivity index is 1.25. The lowest BCUT2D eigenvalue weighted by Crippen LogP contribution is -2.15. The van der Waals surface area contributed by atoms with Crippen LogP contribution in [0.2, 0.25) is 0 Å². The van der Waals surface area contributed by atoms with Crippen molar-refractivity contribution in [2.75, 3.05) is 18.5 Å². The maximum atomic E-state index is 12.1. The number of benzene rings is 2. The van der Waals surface area contributed by atoms with E-state index in [1.165, 1.54) is 37.7 Å². The number of rotatable bonds is 12. The van der Waals surface area contributed by atoms with Crippen LogP contribution >= 0.6 is 0 Å². The van der Waals surface area contributed by atoms with Crippen LogP contribution in [0.25, 0.3) is 0 Å². The van der Waals surface area contributed by atoms with Crippen molar-refractivity contribution in [3.63, 3.8) is 0 Å². The molecule has 0 aliphatic heterocycles. The average molecular weight is 438 g/mol. The van der Waals surface area contributed by atoms with Gasteiger partial charge in [0.2, 0.25) is 5.91 Å². The topological polar surface area (TPSA) is 64.6 Å². The summed E-state index contributed by atoms with van der Waals surface area (Å²) in [5, 5.41) is 2.82. The molecule has 0 saturated heterocycles. The summed E-state index contributed by atoms with van der Waals surface area (Å²) in [6, 6.07) is 17.5. The number of hydrogen-bond donors (Lipinski definition) is 1. The number of amides is 1. The van der Waals surface area contributed by atoms with E-state index in [4.69, 9.17) is 9.47 Å². The van der Waals surface area contributed by atoms with Crippen LogP contribution < -0.4 is 10.1 Å². The molecule has 0 aromatic heterocycles. The molecule has 5 nitrogen and oxygen atoms in total. The van der Waals surface area contributed by atoms with Crippen molar-refractivity contribution >= 4 is 17.6 Å². The molecule has 5 heteroatoms. The number of aryl methyl sites for hydroxylation is 1. The summed E-state index contributed by atoms with van der Waals surface area (Å²) in [5.74, 6) is 1.09. The van der Waals surface area contributed by atoms with E-state index in [-0.39, 0.29) is 24.7 Å². The van der Waals surface area contributed by atoms with Crippen LogP contribution in [0.4, 0.5) is 5.69 Å². The molecule has 2 aromatic carbocycles. The Morgan fingerprint density at radius 3 is 2.38 bits per heavy atom. The zero-order valence-corrected chi connectivity index (χ0v) is 18.9. The number of carbonyl (C=O) groups excluding carboxylic acids is 2. The highest BCUT2D eigenvalue weighted by atomic mass is 16.5. The number of hydrogen-bond acceptors (Lipinski definition) is 4. The molecule has 2 aromatic rings. The van der Waals surface area contributed by atoms with E-state index < -0.39 is 0 Å². The molecule has 0 bridgehead atoms. The summed E-state index contributed by atoms with van der Waals surface area (Å²) in [7, 11) is 0. The standard InChI is InChI=1S/C27H35NO4/c29-26(17-18-27(30)32-20-7-12-22-8-3-1-4-9-22)28-24-13-15-25(16-14-24)31-21-19-23-10-5-2-6-11-23/h1,3-4,8-9,13-16,23H,2,5-7,10-12,17-21H2,(H,28,29). The van der Waals surface area contributed by atoms with Crippen molar-refractivity contribution < 1.29 is 19.1 Å². The maximum Gasteiger partial charge on any atom is 0.306 e. The second-order valence-corrected chi connectivity index (χ2v) is 8.52. The highest BCUT2D eigenvalue weighted by Crippen LogP contribution is 2.26. The highest BCUT2D eigenvalue weighted by Gasteiger charge is 2.13. The number of carbonyl (C=O) groups is 2. The summed E-state index contributed by atoms with van der Waals surface area (Å²) in [5.41, 5.74) is 1.93. The van der Waals surface area contributed by atoms with Crippen LogP contribution in [0.3, 0.4) is 0 Å². The smallest absolute Gasteiger partial charge is 0.306 e. The molecule has 1 saturated carbocycles. The second-order valence-electron chi connectivity index (χ2n) is 8.52. The van der Waals surface area contributed by atoms with Gasteiger partial charge in [-0.25, -0.2) is 0 Å². The molecule has 1 N–H and O–H groups in total. The Hall–Kier alpha value is -2.82. The second kappa shape index (κ2) is 13.6.